The van der Waals surface area contributed by atoms with Crippen LogP contribution in [0.25, 0.3) is 11.3 Å². The van der Waals surface area contributed by atoms with Crippen LogP contribution < -0.4 is 4.57 Å². The molecule has 1 heteroatoms. The number of nitrogens with zero attached hydrogens (tertiary/aromatic N) is 1. The molecule has 0 bridgehead atoms. The summed E-state index contributed by atoms with van der Waals surface area (Å²) in [5, 5.41) is 0. The van der Waals surface area contributed by atoms with Crippen LogP contribution in [-0.4, -0.2) is 0 Å². The number of aryl methyl sites for hydroxylation is 2. The minimum Gasteiger partial charge on any atom is -0.201 e. The molecule has 0 spiro atoms. The van der Waals surface area contributed by atoms with Crippen molar-refractivity contribution >= 4 is 0 Å². The molecule has 0 atom stereocenters. The van der Waals surface area contributed by atoms with Crippen LogP contribution in [0.1, 0.15) is 42.7 Å². The first-order valence-corrected chi connectivity index (χ1v) is 7.32. The van der Waals surface area contributed by atoms with Crippen molar-refractivity contribution in [2.45, 2.75) is 38.5 Å². The molecule has 19 heavy (non-hydrogen) atoms. The van der Waals surface area contributed by atoms with E-state index in [0.29, 0.717) is 0 Å². The molecule has 0 saturated heterocycles. The van der Waals surface area contributed by atoms with Gasteiger partial charge in [-0.25, -0.2) is 4.57 Å². The lowest BCUT2D eigenvalue weighted by molar-refractivity contribution is -0.660. The zero-order valence-corrected chi connectivity index (χ0v) is 11.9. The molecule has 0 unspecified atom stereocenters. The molecule has 1 aromatic heterocycles. The molecule has 0 radical (unpaired) electrons. The normalized spacial score (nSPS) is 15.9. The summed E-state index contributed by atoms with van der Waals surface area (Å²) in [5.41, 5.74) is 5.74. The minimum absolute atomic E-state index is 0.759. The van der Waals surface area contributed by atoms with Gasteiger partial charge in [-0.15, -0.1) is 0 Å². The lowest BCUT2D eigenvalue weighted by atomic mass is 9.88. The highest BCUT2D eigenvalue weighted by Gasteiger charge is 2.24. The van der Waals surface area contributed by atoms with Crippen LogP contribution >= 0.6 is 0 Å². The van der Waals surface area contributed by atoms with Crippen molar-refractivity contribution in [3.8, 4) is 11.3 Å². The van der Waals surface area contributed by atoms with E-state index in [1.807, 2.05) is 0 Å². The monoisotopic (exact) mass is 252 g/mol. The smallest absolute Gasteiger partial charge is 0.201 e. The fourth-order valence-corrected chi connectivity index (χ4v) is 3.40. The van der Waals surface area contributed by atoms with E-state index in [0.717, 1.165) is 5.92 Å². The molecule has 1 fully saturated rings. The predicted molar refractivity (Wildman–Crippen MR) is 79.0 cm³/mol. The molecule has 0 N–H and O–H groups in total. The average molecular weight is 252 g/mol. The molecule has 0 amide bonds. The van der Waals surface area contributed by atoms with Crippen molar-refractivity contribution in [2.24, 2.45) is 7.05 Å². The Kier molecular flexibility index (Phi) is 3.37. The largest absolute Gasteiger partial charge is 0.212 e. The van der Waals surface area contributed by atoms with E-state index in [2.05, 4.69) is 61.1 Å². The number of aromatic nitrogens is 1. The van der Waals surface area contributed by atoms with Gasteiger partial charge in [0.25, 0.3) is 0 Å². The number of rotatable bonds is 2. The van der Waals surface area contributed by atoms with E-state index in [-0.39, 0.29) is 0 Å². The summed E-state index contributed by atoms with van der Waals surface area (Å²) < 4.78 is 2.24. The molecule has 1 saturated carbocycles. The van der Waals surface area contributed by atoms with E-state index in [9.17, 15) is 0 Å². The van der Waals surface area contributed by atoms with Crippen LogP contribution in [-0.2, 0) is 7.05 Å². The Morgan fingerprint density at radius 2 is 1.79 bits per heavy atom. The van der Waals surface area contributed by atoms with Gasteiger partial charge in [0.05, 0.1) is 5.56 Å². The topological polar surface area (TPSA) is 3.88 Å². The predicted octanol–water partition coefficient (Wildman–Crippen LogP) is 4.14. The van der Waals surface area contributed by atoms with Crippen molar-refractivity contribution < 1.29 is 4.57 Å². The fraction of sp³-hybridized carbons (Fsp3) is 0.389. The van der Waals surface area contributed by atoms with Gasteiger partial charge in [-0.2, -0.15) is 0 Å². The quantitative estimate of drug-likeness (QED) is 0.707. The van der Waals surface area contributed by atoms with Crippen molar-refractivity contribution in [1.82, 2.24) is 0 Å². The van der Waals surface area contributed by atoms with Crippen molar-refractivity contribution in [2.75, 3.05) is 0 Å². The minimum atomic E-state index is 0.759. The fourth-order valence-electron chi connectivity index (χ4n) is 3.40. The highest BCUT2D eigenvalue weighted by atomic mass is 14.9. The summed E-state index contributed by atoms with van der Waals surface area (Å²) in [7, 11) is 2.14. The number of benzene rings is 1. The zero-order chi connectivity index (χ0) is 13.2. The summed E-state index contributed by atoms with van der Waals surface area (Å²) in [6.45, 7) is 2.24. The number of hydrogen-bond donors (Lipinski definition) is 0. The van der Waals surface area contributed by atoms with Crippen LogP contribution in [0, 0.1) is 6.92 Å². The van der Waals surface area contributed by atoms with Crippen molar-refractivity contribution in [1.29, 1.82) is 0 Å². The number of hydrogen-bond acceptors (Lipinski definition) is 0. The van der Waals surface area contributed by atoms with E-state index in [1.54, 1.807) is 5.56 Å². The van der Waals surface area contributed by atoms with Gasteiger partial charge in [0.1, 0.15) is 7.05 Å². The Bertz CT molecular complexity index is 580. The Morgan fingerprint density at radius 3 is 2.53 bits per heavy atom. The van der Waals surface area contributed by atoms with Gasteiger partial charge in [-0.3, -0.25) is 0 Å². The average Bonchev–Trinajstić information content (AvgIpc) is 2.93. The maximum atomic E-state index is 2.34. The van der Waals surface area contributed by atoms with Crippen LogP contribution in [0.2, 0.25) is 0 Å². The van der Waals surface area contributed by atoms with Gasteiger partial charge in [-0.05, 0) is 42.9 Å². The summed E-state index contributed by atoms with van der Waals surface area (Å²) >= 11 is 0. The van der Waals surface area contributed by atoms with Crippen LogP contribution in [0.5, 0.6) is 0 Å². The molecule has 1 aliphatic carbocycles. The lowest BCUT2D eigenvalue weighted by Gasteiger charge is -2.16. The van der Waals surface area contributed by atoms with Crippen molar-refractivity contribution in [3.05, 3.63) is 53.7 Å². The van der Waals surface area contributed by atoms with Gasteiger partial charge in [0.2, 0.25) is 5.69 Å². The van der Waals surface area contributed by atoms with E-state index in [4.69, 9.17) is 0 Å². The first-order valence-electron chi connectivity index (χ1n) is 7.32. The highest BCUT2D eigenvalue weighted by molar-refractivity contribution is 5.66. The molecule has 1 aliphatic rings. The highest BCUT2D eigenvalue weighted by Crippen LogP contribution is 2.39. The summed E-state index contributed by atoms with van der Waals surface area (Å²) in [6, 6.07) is 13.3. The van der Waals surface area contributed by atoms with Gasteiger partial charge in [0, 0.05) is 12.1 Å². The first kappa shape index (κ1) is 12.4. The molecule has 98 valence electrons. The van der Waals surface area contributed by atoms with Gasteiger partial charge in [-0.1, -0.05) is 31.0 Å². The molecule has 0 aliphatic heterocycles. The summed E-state index contributed by atoms with van der Waals surface area (Å²) in [6.07, 6.45) is 7.62. The Labute approximate surface area is 115 Å². The van der Waals surface area contributed by atoms with E-state index >= 15 is 0 Å². The molecule has 2 aromatic rings. The molecule has 1 heterocycles. The van der Waals surface area contributed by atoms with Gasteiger partial charge < -0.3 is 0 Å². The summed E-state index contributed by atoms with van der Waals surface area (Å²) in [5.74, 6) is 0.759. The van der Waals surface area contributed by atoms with Crippen molar-refractivity contribution in [3.63, 3.8) is 0 Å². The van der Waals surface area contributed by atoms with Crippen LogP contribution in [0.15, 0.2) is 42.6 Å². The second-order valence-corrected chi connectivity index (χ2v) is 5.72. The zero-order valence-electron chi connectivity index (χ0n) is 11.9. The molecule has 3 rings (SSSR count). The van der Waals surface area contributed by atoms with E-state index < -0.39 is 0 Å². The van der Waals surface area contributed by atoms with Gasteiger partial charge in [0.15, 0.2) is 6.20 Å². The maximum absolute atomic E-state index is 2.34. The van der Waals surface area contributed by atoms with Crippen LogP contribution in [0.4, 0.5) is 0 Å². The second kappa shape index (κ2) is 5.16. The molecular weight excluding hydrogens is 230 g/mol. The number of pyridine rings is 1. The molecule has 1 aromatic carbocycles. The Hall–Kier alpha value is -1.63. The maximum Gasteiger partial charge on any atom is 0.212 e. The third-order valence-corrected chi connectivity index (χ3v) is 4.41. The van der Waals surface area contributed by atoms with E-state index in [1.165, 1.54) is 42.5 Å². The second-order valence-electron chi connectivity index (χ2n) is 5.72. The Morgan fingerprint density at radius 1 is 1.00 bits per heavy atom. The lowest BCUT2D eigenvalue weighted by Crippen LogP contribution is -2.30. The first-order chi connectivity index (χ1) is 9.27. The van der Waals surface area contributed by atoms with Crippen LogP contribution in [0.3, 0.4) is 0 Å². The molecular formula is C18H22N+. The van der Waals surface area contributed by atoms with Gasteiger partial charge >= 0.3 is 0 Å². The SMILES string of the molecule is Cc1cccc(C2CCCC2)c1-c1cccc[n+]1C. The Balaban J connectivity index is 2.16. The molecule has 1 nitrogen and oxygen atoms in total. The third kappa shape index (κ3) is 2.30. The standard InChI is InChI=1S/C18H22N/c1-14-8-7-11-16(15-9-3-4-10-15)18(14)17-12-5-6-13-19(17)2/h5-8,11-13,15H,3-4,9-10H2,1-2H3/q+1. The third-order valence-electron chi connectivity index (χ3n) is 4.41. The summed E-state index contributed by atoms with van der Waals surface area (Å²) in [4.78, 5) is 0.